The van der Waals surface area contributed by atoms with E-state index in [9.17, 15) is 5.11 Å². The van der Waals surface area contributed by atoms with Gasteiger partial charge in [-0.1, -0.05) is 51.1 Å². The molecule has 0 bridgehead atoms. The first kappa shape index (κ1) is 21.6. The topological polar surface area (TPSA) is 49.7 Å². The molecule has 0 unspecified atom stereocenters. The Kier molecular flexibility index (Phi) is 7.12. The smallest absolute Gasteiger partial charge is 0.119 e. The lowest BCUT2D eigenvalue weighted by Gasteiger charge is -2.27. The Morgan fingerprint density at radius 1 is 0.931 bits per heavy atom. The Hall–Kier alpha value is -2.14. The maximum Gasteiger partial charge on any atom is 0.119 e. The van der Waals surface area contributed by atoms with Crippen LogP contribution in [-0.2, 0) is 25.2 Å². The van der Waals surface area contributed by atoms with E-state index in [1.165, 1.54) is 16.0 Å². The minimum absolute atomic E-state index is 0.0423. The normalized spacial score (nSPS) is 11.6. The SMILES string of the molecule is CCc1cc(C(O)(CC)CC)ccc1-c1cc(COc2ccc(CO)cc2)cs1. The van der Waals surface area contributed by atoms with Crippen molar-refractivity contribution >= 4 is 11.3 Å². The average Bonchev–Trinajstić information content (AvgIpc) is 3.25. The lowest BCUT2D eigenvalue weighted by Crippen LogP contribution is -2.23. The monoisotopic (exact) mass is 410 g/mol. The van der Waals surface area contributed by atoms with Gasteiger partial charge in [-0.2, -0.15) is 0 Å². The van der Waals surface area contributed by atoms with E-state index in [1.807, 2.05) is 38.1 Å². The molecule has 4 heteroatoms. The molecule has 1 aromatic heterocycles. The molecule has 2 N–H and O–H groups in total. The largest absolute Gasteiger partial charge is 0.489 e. The molecule has 0 atom stereocenters. The summed E-state index contributed by atoms with van der Waals surface area (Å²) in [7, 11) is 0. The molecular weight excluding hydrogens is 380 g/mol. The summed E-state index contributed by atoms with van der Waals surface area (Å²) in [6.45, 7) is 6.78. The standard InChI is InChI=1S/C25H30O3S/c1-4-20-14-21(25(27,5-2)6-3)9-12-23(20)24-13-19(17-29-24)16-28-22-10-7-18(15-26)8-11-22/h7-14,17,26-27H,4-6,15-16H2,1-3H3. The maximum atomic E-state index is 10.9. The molecule has 2 aromatic carbocycles. The van der Waals surface area contributed by atoms with Gasteiger partial charge in [0.15, 0.2) is 0 Å². The molecule has 3 nitrogen and oxygen atoms in total. The van der Waals surface area contributed by atoms with Gasteiger partial charge in [0, 0.05) is 10.4 Å². The fraction of sp³-hybridized carbons (Fsp3) is 0.360. The van der Waals surface area contributed by atoms with E-state index in [0.29, 0.717) is 19.4 Å². The molecule has 3 aromatic rings. The molecule has 0 aliphatic heterocycles. The third kappa shape index (κ3) is 4.89. The molecule has 0 saturated heterocycles. The minimum atomic E-state index is -0.748. The first-order valence-corrected chi connectivity index (χ1v) is 11.2. The zero-order valence-corrected chi connectivity index (χ0v) is 18.3. The van der Waals surface area contributed by atoms with Gasteiger partial charge < -0.3 is 14.9 Å². The quantitative estimate of drug-likeness (QED) is 0.451. The van der Waals surface area contributed by atoms with E-state index in [-0.39, 0.29) is 6.61 Å². The molecule has 3 rings (SSSR count). The highest BCUT2D eigenvalue weighted by Gasteiger charge is 2.25. The Labute approximate surface area is 177 Å². The molecule has 0 saturated carbocycles. The van der Waals surface area contributed by atoms with E-state index in [2.05, 4.69) is 36.6 Å². The summed E-state index contributed by atoms with van der Waals surface area (Å²) >= 11 is 1.72. The molecule has 29 heavy (non-hydrogen) atoms. The number of rotatable bonds is 9. The van der Waals surface area contributed by atoms with Crippen molar-refractivity contribution < 1.29 is 14.9 Å². The van der Waals surface area contributed by atoms with Crippen LogP contribution in [0.2, 0.25) is 0 Å². The van der Waals surface area contributed by atoms with Crippen LogP contribution in [0.15, 0.2) is 53.9 Å². The summed E-state index contributed by atoms with van der Waals surface area (Å²) in [6, 6.07) is 16.1. The Morgan fingerprint density at radius 2 is 1.66 bits per heavy atom. The van der Waals surface area contributed by atoms with Crippen molar-refractivity contribution in [1.29, 1.82) is 0 Å². The van der Waals surface area contributed by atoms with E-state index in [0.717, 1.165) is 28.9 Å². The van der Waals surface area contributed by atoms with Crippen LogP contribution in [0.5, 0.6) is 5.75 Å². The van der Waals surface area contributed by atoms with Crippen LogP contribution < -0.4 is 4.74 Å². The Balaban J connectivity index is 1.76. The number of hydrogen-bond acceptors (Lipinski definition) is 4. The average molecular weight is 411 g/mol. The zero-order valence-electron chi connectivity index (χ0n) is 17.4. The summed E-state index contributed by atoms with van der Waals surface area (Å²) in [5, 5.41) is 22.1. The van der Waals surface area contributed by atoms with Crippen LogP contribution in [0.1, 0.15) is 55.9 Å². The lowest BCUT2D eigenvalue weighted by molar-refractivity contribution is 0.0283. The van der Waals surface area contributed by atoms with Crippen molar-refractivity contribution in [2.75, 3.05) is 0 Å². The van der Waals surface area contributed by atoms with Crippen LogP contribution in [-0.4, -0.2) is 10.2 Å². The molecule has 1 heterocycles. The third-order valence-electron chi connectivity index (χ3n) is 5.62. The predicted molar refractivity (Wildman–Crippen MR) is 120 cm³/mol. The van der Waals surface area contributed by atoms with Crippen LogP contribution in [0, 0.1) is 0 Å². The molecule has 0 radical (unpaired) electrons. The third-order valence-corrected chi connectivity index (χ3v) is 6.64. The van der Waals surface area contributed by atoms with E-state index in [4.69, 9.17) is 9.84 Å². The van der Waals surface area contributed by atoms with Crippen molar-refractivity contribution in [3.05, 3.63) is 76.2 Å². The van der Waals surface area contributed by atoms with Gasteiger partial charge in [-0.05, 0) is 65.1 Å². The number of ether oxygens (including phenoxy) is 1. The van der Waals surface area contributed by atoms with Crippen molar-refractivity contribution in [2.24, 2.45) is 0 Å². The molecule has 0 aliphatic carbocycles. The highest BCUT2D eigenvalue weighted by atomic mass is 32.1. The summed E-state index contributed by atoms with van der Waals surface area (Å²) in [4.78, 5) is 1.22. The van der Waals surface area contributed by atoms with Crippen molar-refractivity contribution in [3.8, 4) is 16.2 Å². The Morgan fingerprint density at radius 3 is 2.28 bits per heavy atom. The van der Waals surface area contributed by atoms with E-state index < -0.39 is 5.60 Å². The van der Waals surface area contributed by atoms with Crippen molar-refractivity contribution in [1.82, 2.24) is 0 Å². The number of hydrogen-bond donors (Lipinski definition) is 2. The fourth-order valence-corrected chi connectivity index (χ4v) is 4.48. The first-order valence-electron chi connectivity index (χ1n) is 10.3. The second-order valence-corrected chi connectivity index (χ2v) is 8.29. The van der Waals surface area contributed by atoms with Gasteiger partial charge in [-0.3, -0.25) is 0 Å². The molecule has 0 spiro atoms. The first-order chi connectivity index (χ1) is 14.0. The van der Waals surface area contributed by atoms with E-state index >= 15 is 0 Å². The summed E-state index contributed by atoms with van der Waals surface area (Å²) in [5.41, 5.74) is 4.77. The summed E-state index contributed by atoms with van der Waals surface area (Å²) in [6.07, 6.45) is 2.35. The zero-order chi connectivity index (χ0) is 20.9. The molecule has 0 fully saturated rings. The lowest BCUT2D eigenvalue weighted by atomic mass is 9.86. The summed E-state index contributed by atoms with van der Waals surface area (Å²) < 4.78 is 5.88. The highest BCUT2D eigenvalue weighted by molar-refractivity contribution is 7.13. The van der Waals surface area contributed by atoms with Crippen LogP contribution in [0.25, 0.3) is 10.4 Å². The molecular formula is C25H30O3S. The van der Waals surface area contributed by atoms with Gasteiger partial charge in [0.1, 0.15) is 12.4 Å². The van der Waals surface area contributed by atoms with Gasteiger partial charge in [0.05, 0.1) is 12.2 Å². The van der Waals surface area contributed by atoms with Gasteiger partial charge in [0.25, 0.3) is 0 Å². The predicted octanol–water partition coefficient (Wildman–Crippen LogP) is 6.06. The number of thiophene rings is 1. The molecule has 0 amide bonds. The van der Waals surface area contributed by atoms with Gasteiger partial charge >= 0.3 is 0 Å². The Bertz CT molecular complexity index is 923. The second kappa shape index (κ2) is 9.57. The summed E-state index contributed by atoms with van der Waals surface area (Å²) in [5.74, 6) is 0.798. The number of aryl methyl sites for hydroxylation is 1. The van der Waals surface area contributed by atoms with Gasteiger partial charge in [-0.25, -0.2) is 0 Å². The number of aliphatic hydroxyl groups is 2. The van der Waals surface area contributed by atoms with Crippen LogP contribution in [0.3, 0.4) is 0 Å². The van der Waals surface area contributed by atoms with Crippen molar-refractivity contribution in [2.45, 2.75) is 58.8 Å². The minimum Gasteiger partial charge on any atom is -0.489 e. The highest BCUT2D eigenvalue weighted by Crippen LogP contribution is 2.35. The van der Waals surface area contributed by atoms with Gasteiger partial charge in [0.2, 0.25) is 0 Å². The van der Waals surface area contributed by atoms with Crippen LogP contribution >= 0.6 is 11.3 Å². The second-order valence-electron chi connectivity index (χ2n) is 7.37. The molecule has 0 aliphatic rings. The maximum absolute atomic E-state index is 10.9. The number of aliphatic hydroxyl groups excluding tert-OH is 1. The molecule has 154 valence electrons. The van der Waals surface area contributed by atoms with Crippen molar-refractivity contribution in [3.63, 3.8) is 0 Å². The van der Waals surface area contributed by atoms with Gasteiger partial charge in [-0.15, -0.1) is 11.3 Å². The van der Waals surface area contributed by atoms with E-state index in [1.54, 1.807) is 11.3 Å². The fourth-order valence-electron chi connectivity index (χ4n) is 3.52. The van der Waals surface area contributed by atoms with Crippen LogP contribution in [0.4, 0.5) is 0 Å². The number of benzene rings is 2.